The van der Waals surface area contributed by atoms with Crippen LogP contribution < -0.4 is 4.90 Å². The Kier molecular flexibility index (Phi) is 5.36. The summed E-state index contributed by atoms with van der Waals surface area (Å²) in [5, 5.41) is 0. The number of piperazine rings is 1. The summed E-state index contributed by atoms with van der Waals surface area (Å²) in [4.78, 5) is 17.9. The molecule has 1 aliphatic heterocycles. The summed E-state index contributed by atoms with van der Waals surface area (Å²) in [6.07, 6.45) is 1.49. The molecule has 0 bridgehead atoms. The molecule has 0 spiro atoms. The zero-order chi connectivity index (χ0) is 16.2. The molecule has 0 saturated carbocycles. The van der Waals surface area contributed by atoms with Gasteiger partial charge in [-0.05, 0) is 26.0 Å². The molecule has 1 aromatic heterocycles. The fourth-order valence-electron chi connectivity index (χ4n) is 2.29. The van der Waals surface area contributed by atoms with E-state index in [2.05, 4.69) is 4.98 Å². The molecule has 0 unspecified atom stereocenters. The van der Waals surface area contributed by atoms with Crippen LogP contribution in [0.4, 0.5) is 5.82 Å². The second-order valence-corrected chi connectivity index (χ2v) is 7.17. The van der Waals surface area contributed by atoms with Crippen molar-refractivity contribution >= 4 is 21.8 Å². The van der Waals surface area contributed by atoms with Crippen LogP contribution in [0.15, 0.2) is 18.3 Å². The molecule has 122 valence electrons. The minimum absolute atomic E-state index is 0.124. The predicted octanol–water partition coefficient (Wildman–Crippen LogP) is 0.730. The van der Waals surface area contributed by atoms with Gasteiger partial charge < -0.3 is 9.64 Å². The fourth-order valence-corrected chi connectivity index (χ4v) is 3.37. The monoisotopic (exact) mass is 327 g/mol. The second-order valence-electron chi connectivity index (χ2n) is 4.91. The van der Waals surface area contributed by atoms with Gasteiger partial charge in [0.2, 0.25) is 10.0 Å². The first kappa shape index (κ1) is 16.7. The third kappa shape index (κ3) is 3.75. The summed E-state index contributed by atoms with van der Waals surface area (Å²) in [6.45, 7) is 5.82. The number of ether oxygens (including phenoxy) is 1. The maximum Gasteiger partial charge on any atom is 0.339 e. The summed E-state index contributed by atoms with van der Waals surface area (Å²) in [5.74, 6) is 0.474. The lowest BCUT2D eigenvalue weighted by Crippen LogP contribution is -2.49. The molecule has 1 fully saturated rings. The van der Waals surface area contributed by atoms with Crippen molar-refractivity contribution in [3.63, 3.8) is 0 Å². The van der Waals surface area contributed by atoms with Crippen molar-refractivity contribution in [2.24, 2.45) is 0 Å². The first-order valence-electron chi connectivity index (χ1n) is 7.34. The highest BCUT2D eigenvalue weighted by Gasteiger charge is 2.25. The molecule has 0 atom stereocenters. The van der Waals surface area contributed by atoms with Gasteiger partial charge in [-0.1, -0.05) is 0 Å². The van der Waals surface area contributed by atoms with E-state index in [1.54, 1.807) is 26.0 Å². The van der Waals surface area contributed by atoms with Gasteiger partial charge in [-0.25, -0.2) is 18.2 Å². The zero-order valence-electron chi connectivity index (χ0n) is 12.9. The smallest absolute Gasteiger partial charge is 0.339 e. The number of aromatic nitrogens is 1. The van der Waals surface area contributed by atoms with Crippen LogP contribution in [0.1, 0.15) is 24.2 Å². The van der Waals surface area contributed by atoms with Gasteiger partial charge in [0.25, 0.3) is 0 Å². The highest BCUT2D eigenvalue weighted by molar-refractivity contribution is 7.89. The van der Waals surface area contributed by atoms with E-state index in [9.17, 15) is 13.2 Å². The van der Waals surface area contributed by atoms with Gasteiger partial charge in [0.05, 0.1) is 17.9 Å². The third-order valence-corrected chi connectivity index (χ3v) is 5.46. The Labute approximate surface area is 130 Å². The van der Waals surface area contributed by atoms with Gasteiger partial charge in [0, 0.05) is 32.4 Å². The molecule has 22 heavy (non-hydrogen) atoms. The standard InChI is InChI=1S/C14H21N3O4S/c1-3-21-14(18)12-5-6-13(15-11-12)16-7-9-17(10-8-16)22(19,20)4-2/h5-6,11H,3-4,7-10H2,1-2H3. The fraction of sp³-hybridized carbons (Fsp3) is 0.571. The van der Waals surface area contributed by atoms with Crippen molar-refractivity contribution in [3.8, 4) is 0 Å². The normalized spacial score (nSPS) is 16.5. The zero-order valence-corrected chi connectivity index (χ0v) is 13.7. The van der Waals surface area contributed by atoms with E-state index < -0.39 is 10.0 Å². The van der Waals surface area contributed by atoms with Gasteiger partial charge in [-0.15, -0.1) is 0 Å². The summed E-state index contributed by atoms with van der Waals surface area (Å²) in [6, 6.07) is 3.44. The van der Waals surface area contributed by atoms with Crippen LogP contribution in [0.3, 0.4) is 0 Å². The summed E-state index contributed by atoms with van der Waals surface area (Å²) in [7, 11) is -3.13. The Hall–Kier alpha value is -1.67. The number of sulfonamides is 1. The van der Waals surface area contributed by atoms with Crippen molar-refractivity contribution in [2.45, 2.75) is 13.8 Å². The van der Waals surface area contributed by atoms with E-state index in [1.165, 1.54) is 10.5 Å². The van der Waals surface area contributed by atoms with Crippen molar-refractivity contribution < 1.29 is 17.9 Å². The number of hydrogen-bond donors (Lipinski definition) is 0. The summed E-state index contributed by atoms with van der Waals surface area (Å²) < 4.78 is 30.1. The number of esters is 1. The number of nitrogens with zero attached hydrogens (tertiary/aromatic N) is 3. The molecule has 2 heterocycles. The highest BCUT2D eigenvalue weighted by atomic mass is 32.2. The number of pyridine rings is 1. The van der Waals surface area contributed by atoms with Gasteiger partial charge >= 0.3 is 5.97 Å². The molecule has 0 amide bonds. The lowest BCUT2D eigenvalue weighted by Gasteiger charge is -2.34. The molecule has 1 aliphatic rings. The van der Waals surface area contributed by atoms with Crippen molar-refractivity contribution in [1.82, 2.24) is 9.29 Å². The topological polar surface area (TPSA) is 79.8 Å². The molecule has 2 rings (SSSR count). The van der Waals surface area contributed by atoms with Crippen LogP contribution in [0, 0.1) is 0 Å². The minimum Gasteiger partial charge on any atom is -0.462 e. The maximum atomic E-state index is 11.8. The Morgan fingerprint density at radius 3 is 2.41 bits per heavy atom. The average molecular weight is 327 g/mol. The van der Waals surface area contributed by atoms with E-state index >= 15 is 0 Å². The largest absolute Gasteiger partial charge is 0.462 e. The van der Waals surface area contributed by atoms with Crippen LogP contribution in [-0.2, 0) is 14.8 Å². The molecule has 8 heteroatoms. The predicted molar refractivity (Wildman–Crippen MR) is 83.4 cm³/mol. The molecular weight excluding hydrogens is 306 g/mol. The molecule has 0 N–H and O–H groups in total. The Balaban J connectivity index is 1.98. The van der Waals surface area contributed by atoms with Crippen LogP contribution in [-0.4, -0.2) is 62.2 Å². The first-order chi connectivity index (χ1) is 10.5. The van der Waals surface area contributed by atoms with Crippen LogP contribution >= 0.6 is 0 Å². The SMILES string of the molecule is CCOC(=O)c1ccc(N2CCN(S(=O)(=O)CC)CC2)nc1. The molecule has 0 aromatic carbocycles. The number of carbonyl (C=O) groups is 1. The van der Waals surface area contributed by atoms with Gasteiger partial charge in [-0.3, -0.25) is 0 Å². The number of rotatable bonds is 5. The lowest BCUT2D eigenvalue weighted by atomic mass is 10.2. The molecule has 1 saturated heterocycles. The average Bonchev–Trinajstić information content (AvgIpc) is 2.55. The Morgan fingerprint density at radius 1 is 1.23 bits per heavy atom. The number of carbonyl (C=O) groups excluding carboxylic acids is 1. The Morgan fingerprint density at radius 2 is 1.91 bits per heavy atom. The second kappa shape index (κ2) is 7.06. The number of anilines is 1. The maximum absolute atomic E-state index is 11.8. The molecule has 7 nitrogen and oxygen atoms in total. The van der Waals surface area contributed by atoms with Crippen LogP contribution in [0.5, 0.6) is 0 Å². The van der Waals surface area contributed by atoms with E-state index in [4.69, 9.17) is 4.74 Å². The van der Waals surface area contributed by atoms with Crippen molar-refractivity contribution in [3.05, 3.63) is 23.9 Å². The van der Waals surface area contributed by atoms with Crippen molar-refractivity contribution in [2.75, 3.05) is 43.4 Å². The van der Waals surface area contributed by atoms with Gasteiger partial charge in [-0.2, -0.15) is 4.31 Å². The summed E-state index contributed by atoms with van der Waals surface area (Å²) in [5.41, 5.74) is 0.415. The quantitative estimate of drug-likeness (QED) is 0.742. The van der Waals surface area contributed by atoms with Gasteiger partial charge in [0.15, 0.2) is 0 Å². The molecule has 0 radical (unpaired) electrons. The van der Waals surface area contributed by atoms with E-state index in [0.29, 0.717) is 38.3 Å². The third-order valence-electron chi connectivity index (χ3n) is 3.58. The van der Waals surface area contributed by atoms with E-state index in [0.717, 1.165) is 5.82 Å². The van der Waals surface area contributed by atoms with Crippen molar-refractivity contribution in [1.29, 1.82) is 0 Å². The van der Waals surface area contributed by atoms with Gasteiger partial charge in [0.1, 0.15) is 5.82 Å². The highest BCUT2D eigenvalue weighted by Crippen LogP contribution is 2.16. The Bertz CT molecular complexity index is 607. The lowest BCUT2D eigenvalue weighted by molar-refractivity contribution is 0.0526. The minimum atomic E-state index is -3.13. The summed E-state index contributed by atoms with van der Waals surface area (Å²) >= 11 is 0. The van der Waals surface area contributed by atoms with E-state index in [1.807, 2.05) is 4.90 Å². The number of hydrogen-bond acceptors (Lipinski definition) is 6. The van der Waals surface area contributed by atoms with Crippen LogP contribution in [0.2, 0.25) is 0 Å². The first-order valence-corrected chi connectivity index (χ1v) is 8.94. The molecule has 1 aromatic rings. The molecular formula is C14H21N3O4S. The van der Waals surface area contributed by atoms with Crippen LogP contribution in [0.25, 0.3) is 0 Å². The van der Waals surface area contributed by atoms with E-state index in [-0.39, 0.29) is 11.7 Å². The molecule has 0 aliphatic carbocycles.